The summed E-state index contributed by atoms with van der Waals surface area (Å²) in [5.41, 5.74) is 0.742. The topological polar surface area (TPSA) is 96.9 Å². The van der Waals surface area contributed by atoms with Crippen molar-refractivity contribution in [1.29, 1.82) is 0 Å². The third-order valence-electron chi connectivity index (χ3n) is 5.84. The van der Waals surface area contributed by atoms with Gasteiger partial charge in [0.1, 0.15) is 23.7 Å². The van der Waals surface area contributed by atoms with Crippen molar-refractivity contribution in [3.8, 4) is 11.5 Å². The lowest BCUT2D eigenvalue weighted by Gasteiger charge is -2.31. The highest BCUT2D eigenvalue weighted by Crippen LogP contribution is 2.29. The first kappa shape index (κ1) is 20.9. The molecule has 0 spiro atoms. The Bertz CT molecular complexity index is 806. The molecule has 0 aromatic carbocycles. The highest BCUT2D eigenvalue weighted by Gasteiger charge is 2.23. The first-order chi connectivity index (χ1) is 14.7. The van der Waals surface area contributed by atoms with Gasteiger partial charge in [0.05, 0.1) is 6.61 Å². The minimum absolute atomic E-state index is 0.392. The molecule has 1 atom stereocenters. The van der Waals surface area contributed by atoms with Crippen LogP contribution in [0.5, 0.6) is 0 Å². The summed E-state index contributed by atoms with van der Waals surface area (Å²) in [6.07, 6.45) is 10.5. The Balaban J connectivity index is 1.31. The van der Waals surface area contributed by atoms with Gasteiger partial charge < -0.3 is 20.7 Å². The number of rotatable bonds is 10. The summed E-state index contributed by atoms with van der Waals surface area (Å²) >= 11 is 0. The van der Waals surface area contributed by atoms with E-state index in [0.29, 0.717) is 23.9 Å². The molecular formula is C22H33N7O. The minimum Gasteiger partial charge on any atom is -0.383 e. The van der Waals surface area contributed by atoms with Crippen LogP contribution in [0, 0.1) is 5.92 Å². The van der Waals surface area contributed by atoms with Gasteiger partial charge >= 0.3 is 0 Å². The number of aromatic nitrogens is 4. The summed E-state index contributed by atoms with van der Waals surface area (Å²) in [6, 6.07) is 5.24. The third-order valence-corrected chi connectivity index (χ3v) is 5.84. The van der Waals surface area contributed by atoms with Gasteiger partial charge in [-0.1, -0.05) is 0 Å². The SMILES string of the molecule is COC[C@@H](C)NC1CCC(Nc2cc(-c3nccc(NCC4CC4)n3)ncn2)CC1. The summed E-state index contributed by atoms with van der Waals surface area (Å²) in [6.45, 7) is 3.91. The summed E-state index contributed by atoms with van der Waals surface area (Å²) < 4.78 is 5.22. The second-order valence-electron chi connectivity index (χ2n) is 8.59. The lowest BCUT2D eigenvalue weighted by molar-refractivity contribution is 0.161. The number of nitrogens with one attached hydrogen (secondary N) is 3. The first-order valence-electron chi connectivity index (χ1n) is 11.1. The van der Waals surface area contributed by atoms with E-state index in [0.717, 1.165) is 62.1 Å². The van der Waals surface area contributed by atoms with E-state index in [1.165, 1.54) is 12.8 Å². The van der Waals surface area contributed by atoms with Gasteiger partial charge in [-0.3, -0.25) is 0 Å². The molecule has 162 valence electrons. The largest absolute Gasteiger partial charge is 0.383 e. The summed E-state index contributed by atoms with van der Waals surface area (Å²) in [7, 11) is 1.75. The Hall–Kier alpha value is -2.32. The van der Waals surface area contributed by atoms with E-state index in [9.17, 15) is 0 Å². The molecule has 0 bridgehead atoms. The van der Waals surface area contributed by atoms with Crippen LogP contribution in [-0.2, 0) is 4.74 Å². The second kappa shape index (κ2) is 10.1. The Labute approximate surface area is 178 Å². The molecule has 2 heterocycles. The second-order valence-corrected chi connectivity index (χ2v) is 8.59. The minimum atomic E-state index is 0.392. The fraction of sp³-hybridized carbons (Fsp3) is 0.636. The van der Waals surface area contributed by atoms with E-state index >= 15 is 0 Å². The zero-order valence-electron chi connectivity index (χ0n) is 18.0. The quantitative estimate of drug-likeness (QED) is 0.549. The van der Waals surface area contributed by atoms with Crippen molar-refractivity contribution >= 4 is 11.6 Å². The van der Waals surface area contributed by atoms with Crippen LogP contribution in [0.15, 0.2) is 24.7 Å². The molecule has 2 aromatic heterocycles. The zero-order chi connectivity index (χ0) is 20.8. The van der Waals surface area contributed by atoms with Crippen LogP contribution < -0.4 is 16.0 Å². The number of methoxy groups -OCH3 is 1. The van der Waals surface area contributed by atoms with Crippen molar-refractivity contribution in [3.63, 3.8) is 0 Å². The number of hydrogen-bond acceptors (Lipinski definition) is 8. The molecule has 2 fully saturated rings. The first-order valence-corrected chi connectivity index (χ1v) is 11.1. The smallest absolute Gasteiger partial charge is 0.180 e. The lowest BCUT2D eigenvalue weighted by atomic mass is 9.90. The number of hydrogen-bond donors (Lipinski definition) is 3. The van der Waals surface area contributed by atoms with Gasteiger partial charge in [0.15, 0.2) is 5.82 Å². The maximum absolute atomic E-state index is 5.22. The predicted octanol–water partition coefficient (Wildman–Crippen LogP) is 3.10. The lowest BCUT2D eigenvalue weighted by Crippen LogP contribution is -2.42. The normalized spacial score (nSPS) is 22.5. The molecule has 2 aromatic rings. The third kappa shape index (κ3) is 6.09. The highest BCUT2D eigenvalue weighted by atomic mass is 16.5. The van der Waals surface area contributed by atoms with Crippen molar-refractivity contribution in [2.75, 3.05) is 30.9 Å². The standard InChI is InChI=1S/C22H33N7O/c1-15(13-30-2)27-17-5-7-18(8-6-17)28-21-11-19(25-14-26-21)22-23-10-9-20(29-22)24-12-16-3-4-16/h9-11,14-18,27H,3-8,12-13H2,1-2H3,(H,23,24,29)(H,25,26,28)/t15-,17?,18?/m1/s1. The van der Waals surface area contributed by atoms with Gasteiger partial charge in [-0.2, -0.15) is 0 Å². The van der Waals surface area contributed by atoms with Crippen LogP contribution >= 0.6 is 0 Å². The van der Waals surface area contributed by atoms with Gasteiger partial charge in [0.2, 0.25) is 0 Å². The van der Waals surface area contributed by atoms with Crippen molar-refractivity contribution in [3.05, 3.63) is 24.7 Å². The van der Waals surface area contributed by atoms with Gasteiger partial charge in [-0.15, -0.1) is 0 Å². The van der Waals surface area contributed by atoms with E-state index < -0.39 is 0 Å². The molecule has 8 heteroatoms. The fourth-order valence-corrected chi connectivity index (χ4v) is 4.02. The van der Waals surface area contributed by atoms with Crippen LogP contribution in [0.3, 0.4) is 0 Å². The summed E-state index contributed by atoms with van der Waals surface area (Å²) in [5.74, 6) is 3.12. The monoisotopic (exact) mass is 411 g/mol. The van der Waals surface area contributed by atoms with E-state index in [2.05, 4.69) is 42.8 Å². The molecule has 2 saturated carbocycles. The summed E-state index contributed by atoms with van der Waals surface area (Å²) in [5, 5.41) is 10.6. The summed E-state index contributed by atoms with van der Waals surface area (Å²) in [4.78, 5) is 17.8. The van der Waals surface area contributed by atoms with E-state index in [1.54, 1.807) is 19.6 Å². The molecule has 0 aliphatic heterocycles. The zero-order valence-corrected chi connectivity index (χ0v) is 18.0. The van der Waals surface area contributed by atoms with Crippen molar-refractivity contribution in [2.45, 2.75) is 63.6 Å². The molecule has 0 amide bonds. The Morgan fingerprint density at radius 3 is 2.60 bits per heavy atom. The Morgan fingerprint density at radius 1 is 1.03 bits per heavy atom. The maximum atomic E-state index is 5.22. The van der Waals surface area contributed by atoms with Crippen molar-refractivity contribution < 1.29 is 4.74 Å². The molecule has 0 radical (unpaired) electrons. The molecule has 3 N–H and O–H groups in total. The molecule has 4 rings (SSSR count). The van der Waals surface area contributed by atoms with Crippen LogP contribution in [0.2, 0.25) is 0 Å². The van der Waals surface area contributed by atoms with Crippen molar-refractivity contribution in [2.24, 2.45) is 5.92 Å². The molecule has 8 nitrogen and oxygen atoms in total. The molecule has 2 aliphatic rings. The average molecular weight is 412 g/mol. The molecule has 30 heavy (non-hydrogen) atoms. The van der Waals surface area contributed by atoms with Crippen LogP contribution in [0.25, 0.3) is 11.5 Å². The molecular weight excluding hydrogens is 378 g/mol. The molecule has 0 saturated heterocycles. The van der Waals surface area contributed by atoms with Crippen LogP contribution in [0.1, 0.15) is 45.4 Å². The van der Waals surface area contributed by atoms with Gasteiger partial charge in [-0.25, -0.2) is 19.9 Å². The van der Waals surface area contributed by atoms with Crippen molar-refractivity contribution in [1.82, 2.24) is 25.3 Å². The van der Waals surface area contributed by atoms with E-state index in [-0.39, 0.29) is 0 Å². The maximum Gasteiger partial charge on any atom is 0.180 e. The number of nitrogens with zero attached hydrogens (tertiary/aromatic N) is 4. The predicted molar refractivity (Wildman–Crippen MR) is 118 cm³/mol. The number of anilines is 2. The Morgan fingerprint density at radius 2 is 1.83 bits per heavy atom. The van der Waals surface area contributed by atoms with E-state index in [1.807, 2.05) is 12.1 Å². The van der Waals surface area contributed by atoms with Gasteiger partial charge in [0, 0.05) is 44.0 Å². The Kier molecular flexibility index (Phi) is 7.07. The van der Waals surface area contributed by atoms with Crippen LogP contribution in [0.4, 0.5) is 11.6 Å². The molecule has 2 aliphatic carbocycles. The van der Waals surface area contributed by atoms with Crippen LogP contribution in [-0.4, -0.2) is 58.3 Å². The highest BCUT2D eigenvalue weighted by molar-refractivity contribution is 5.56. The molecule has 0 unspecified atom stereocenters. The van der Waals surface area contributed by atoms with E-state index in [4.69, 9.17) is 4.74 Å². The average Bonchev–Trinajstić information content (AvgIpc) is 3.59. The fourth-order valence-electron chi connectivity index (χ4n) is 4.02. The van der Waals surface area contributed by atoms with Gasteiger partial charge in [-0.05, 0) is 57.4 Å². The van der Waals surface area contributed by atoms with Gasteiger partial charge in [0.25, 0.3) is 0 Å². The number of ether oxygens (including phenoxy) is 1.